The fourth-order valence-electron chi connectivity index (χ4n) is 3.37. The zero-order chi connectivity index (χ0) is 13.8. The van der Waals surface area contributed by atoms with Crippen LogP contribution in [-0.4, -0.2) is 54.5 Å². The molecule has 2 atom stereocenters. The van der Waals surface area contributed by atoms with Gasteiger partial charge in [0.25, 0.3) is 0 Å². The average Bonchev–Trinajstić information content (AvgIpc) is 2.43. The van der Waals surface area contributed by atoms with Crippen LogP contribution in [0.2, 0.25) is 0 Å². The molecule has 0 radical (unpaired) electrons. The summed E-state index contributed by atoms with van der Waals surface area (Å²) in [6.45, 7) is 4.69. The summed E-state index contributed by atoms with van der Waals surface area (Å²) in [7, 11) is 1.98. The molecular formula is C15H30ClN3O. The maximum absolute atomic E-state index is 12.4. The first-order chi connectivity index (χ1) is 9.08. The van der Waals surface area contributed by atoms with Crippen LogP contribution < -0.4 is 5.73 Å². The molecule has 1 aliphatic carbocycles. The predicted octanol–water partition coefficient (Wildman–Crippen LogP) is 1.87. The van der Waals surface area contributed by atoms with Gasteiger partial charge in [0.1, 0.15) is 0 Å². The Labute approximate surface area is 129 Å². The van der Waals surface area contributed by atoms with Crippen molar-refractivity contribution in [2.24, 2.45) is 11.7 Å². The second kappa shape index (κ2) is 8.20. The van der Waals surface area contributed by atoms with Gasteiger partial charge in [0.15, 0.2) is 0 Å². The number of carbonyl (C=O) groups excluding carboxylic acids is 1. The first kappa shape index (κ1) is 17.7. The molecule has 20 heavy (non-hydrogen) atoms. The van der Waals surface area contributed by atoms with Crippen molar-refractivity contribution in [3.8, 4) is 0 Å². The number of nitrogens with zero attached hydrogens (tertiary/aromatic N) is 2. The molecule has 2 aliphatic rings. The Bertz CT molecular complexity index is 307. The Morgan fingerprint density at radius 3 is 2.50 bits per heavy atom. The Kier molecular flexibility index (Phi) is 7.27. The molecule has 2 fully saturated rings. The second-order valence-corrected chi connectivity index (χ2v) is 6.46. The lowest BCUT2D eigenvalue weighted by Crippen LogP contribution is -2.50. The molecule has 1 aliphatic heterocycles. The van der Waals surface area contributed by atoms with Crippen molar-refractivity contribution in [2.75, 3.05) is 26.7 Å². The standard InChI is InChI=1S/C15H29N3O.ClH/c1-12-10-18(9-8-14(12)16)11-15(19)17(2)13-6-4-3-5-7-13;/h12-14H,3-11,16H2,1-2H3;1H. The predicted molar refractivity (Wildman–Crippen MR) is 85.1 cm³/mol. The lowest BCUT2D eigenvalue weighted by molar-refractivity contribution is -0.134. The number of piperidine rings is 1. The minimum absolute atomic E-state index is 0. The van der Waals surface area contributed by atoms with E-state index in [1.165, 1.54) is 32.1 Å². The molecule has 1 heterocycles. The number of hydrogen-bond acceptors (Lipinski definition) is 3. The molecule has 118 valence electrons. The van der Waals surface area contributed by atoms with Gasteiger partial charge < -0.3 is 10.6 Å². The third-order valence-electron chi connectivity index (χ3n) is 4.93. The molecule has 0 aromatic rings. The van der Waals surface area contributed by atoms with Gasteiger partial charge in [-0.1, -0.05) is 26.2 Å². The highest BCUT2D eigenvalue weighted by Gasteiger charge is 2.27. The summed E-state index contributed by atoms with van der Waals surface area (Å²) in [4.78, 5) is 16.6. The third-order valence-corrected chi connectivity index (χ3v) is 4.93. The van der Waals surface area contributed by atoms with Crippen molar-refractivity contribution in [1.29, 1.82) is 0 Å². The molecule has 0 spiro atoms. The summed E-state index contributed by atoms with van der Waals surface area (Å²) in [5.41, 5.74) is 6.03. The number of rotatable bonds is 3. The highest BCUT2D eigenvalue weighted by Crippen LogP contribution is 2.22. The smallest absolute Gasteiger partial charge is 0.236 e. The van der Waals surface area contributed by atoms with Crippen LogP contribution in [0.1, 0.15) is 45.4 Å². The normalized spacial score (nSPS) is 28.8. The van der Waals surface area contributed by atoms with Crippen LogP contribution in [0.4, 0.5) is 0 Å². The van der Waals surface area contributed by atoms with Crippen molar-refractivity contribution < 1.29 is 4.79 Å². The number of likely N-dealkylation sites (N-methyl/N-ethyl adjacent to an activating group) is 1. The van der Waals surface area contributed by atoms with E-state index in [9.17, 15) is 4.79 Å². The first-order valence-electron chi connectivity index (χ1n) is 7.81. The summed E-state index contributed by atoms with van der Waals surface area (Å²) in [5.74, 6) is 0.788. The summed E-state index contributed by atoms with van der Waals surface area (Å²) in [6, 6.07) is 0.785. The van der Waals surface area contributed by atoms with Gasteiger partial charge in [-0.15, -0.1) is 12.4 Å². The number of carbonyl (C=O) groups is 1. The molecule has 1 amide bonds. The van der Waals surface area contributed by atoms with Gasteiger partial charge in [0, 0.05) is 32.2 Å². The average molecular weight is 304 g/mol. The maximum atomic E-state index is 12.4. The maximum Gasteiger partial charge on any atom is 0.236 e. The number of likely N-dealkylation sites (tertiary alicyclic amines) is 1. The molecule has 5 heteroatoms. The summed E-state index contributed by atoms with van der Waals surface area (Å²) in [5, 5.41) is 0. The SMILES string of the molecule is CC1CN(CC(=O)N(C)C2CCCCC2)CCC1N.Cl. The van der Waals surface area contributed by atoms with Gasteiger partial charge in [-0.2, -0.15) is 0 Å². The lowest BCUT2D eigenvalue weighted by Gasteiger charge is -2.37. The number of amides is 1. The van der Waals surface area contributed by atoms with Gasteiger partial charge in [-0.05, 0) is 25.2 Å². The fraction of sp³-hybridized carbons (Fsp3) is 0.933. The Morgan fingerprint density at radius 1 is 1.25 bits per heavy atom. The molecule has 0 aromatic heterocycles. The number of nitrogens with two attached hydrogens (primary N) is 1. The van der Waals surface area contributed by atoms with Crippen molar-refractivity contribution in [3.05, 3.63) is 0 Å². The monoisotopic (exact) mass is 303 g/mol. The molecule has 4 nitrogen and oxygen atoms in total. The van der Waals surface area contributed by atoms with Crippen LogP contribution in [-0.2, 0) is 4.79 Å². The van der Waals surface area contributed by atoms with E-state index in [0.29, 0.717) is 24.5 Å². The van der Waals surface area contributed by atoms with E-state index in [-0.39, 0.29) is 18.3 Å². The van der Waals surface area contributed by atoms with Crippen LogP contribution in [0.25, 0.3) is 0 Å². The van der Waals surface area contributed by atoms with Crippen LogP contribution in [0.5, 0.6) is 0 Å². The minimum atomic E-state index is 0. The fourth-order valence-corrected chi connectivity index (χ4v) is 3.37. The molecule has 2 N–H and O–H groups in total. The van der Waals surface area contributed by atoms with Gasteiger partial charge in [-0.3, -0.25) is 9.69 Å². The highest BCUT2D eigenvalue weighted by molar-refractivity contribution is 5.85. The Morgan fingerprint density at radius 2 is 1.90 bits per heavy atom. The van der Waals surface area contributed by atoms with Crippen LogP contribution >= 0.6 is 12.4 Å². The topological polar surface area (TPSA) is 49.6 Å². The van der Waals surface area contributed by atoms with Crippen molar-refractivity contribution in [3.63, 3.8) is 0 Å². The van der Waals surface area contributed by atoms with E-state index in [0.717, 1.165) is 19.5 Å². The zero-order valence-electron chi connectivity index (χ0n) is 12.9. The molecule has 2 unspecified atom stereocenters. The molecule has 0 aromatic carbocycles. The minimum Gasteiger partial charge on any atom is -0.342 e. The molecule has 2 rings (SSSR count). The molecule has 1 saturated carbocycles. The summed E-state index contributed by atoms with van der Waals surface area (Å²) in [6.07, 6.45) is 7.27. The Hall–Kier alpha value is -0.320. The quantitative estimate of drug-likeness (QED) is 0.866. The van der Waals surface area contributed by atoms with E-state index in [4.69, 9.17) is 5.73 Å². The largest absolute Gasteiger partial charge is 0.342 e. The van der Waals surface area contributed by atoms with E-state index < -0.39 is 0 Å². The van der Waals surface area contributed by atoms with E-state index in [2.05, 4.69) is 11.8 Å². The molecule has 0 bridgehead atoms. The second-order valence-electron chi connectivity index (χ2n) is 6.46. The van der Waals surface area contributed by atoms with Crippen LogP contribution in [0.15, 0.2) is 0 Å². The highest BCUT2D eigenvalue weighted by atomic mass is 35.5. The van der Waals surface area contributed by atoms with E-state index in [1.807, 2.05) is 11.9 Å². The van der Waals surface area contributed by atoms with Gasteiger partial charge in [-0.25, -0.2) is 0 Å². The zero-order valence-corrected chi connectivity index (χ0v) is 13.7. The van der Waals surface area contributed by atoms with Gasteiger partial charge >= 0.3 is 0 Å². The van der Waals surface area contributed by atoms with Crippen molar-refractivity contribution in [2.45, 2.75) is 57.5 Å². The first-order valence-corrected chi connectivity index (χ1v) is 7.81. The molecule has 1 saturated heterocycles. The lowest BCUT2D eigenvalue weighted by atomic mass is 9.94. The summed E-state index contributed by atoms with van der Waals surface area (Å²) < 4.78 is 0. The van der Waals surface area contributed by atoms with Crippen molar-refractivity contribution >= 4 is 18.3 Å². The van der Waals surface area contributed by atoms with Crippen LogP contribution in [0.3, 0.4) is 0 Å². The third kappa shape index (κ3) is 4.61. The van der Waals surface area contributed by atoms with Crippen molar-refractivity contribution in [1.82, 2.24) is 9.80 Å². The number of halogens is 1. The Balaban J connectivity index is 0.00000200. The van der Waals surface area contributed by atoms with E-state index >= 15 is 0 Å². The van der Waals surface area contributed by atoms with E-state index in [1.54, 1.807) is 0 Å². The number of hydrogen-bond donors (Lipinski definition) is 1. The van der Waals surface area contributed by atoms with Gasteiger partial charge in [0.05, 0.1) is 6.54 Å². The molecular weight excluding hydrogens is 274 g/mol. The van der Waals surface area contributed by atoms with Gasteiger partial charge in [0.2, 0.25) is 5.91 Å². The van der Waals surface area contributed by atoms with Crippen LogP contribution in [0, 0.1) is 5.92 Å². The summed E-state index contributed by atoms with van der Waals surface area (Å²) >= 11 is 0.